The molecule has 3 rings (SSSR count). The Kier molecular flexibility index (Phi) is 4.85. The minimum Gasteiger partial charge on any atom is -0.468 e. The van der Waals surface area contributed by atoms with E-state index in [1.54, 1.807) is 23.1 Å². The number of carbonyl (C=O) groups is 1. The molecule has 0 aliphatic carbocycles. The average Bonchev–Trinajstić information content (AvgIpc) is 3.26. The second-order valence-corrected chi connectivity index (χ2v) is 6.15. The van der Waals surface area contributed by atoms with Crippen molar-refractivity contribution in [1.29, 1.82) is 0 Å². The van der Waals surface area contributed by atoms with Crippen LogP contribution in [0.4, 0.5) is 13.2 Å². The van der Waals surface area contributed by atoms with Crippen LogP contribution in [0.15, 0.2) is 41.5 Å². The highest BCUT2D eigenvalue weighted by atomic mass is 19.4. The van der Waals surface area contributed by atoms with Gasteiger partial charge >= 0.3 is 6.18 Å². The first-order valence-electron chi connectivity index (χ1n) is 7.97. The number of rotatable bonds is 5. The van der Waals surface area contributed by atoms with Crippen molar-refractivity contribution in [3.63, 3.8) is 0 Å². The van der Waals surface area contributed by atoms with Crippen LogP contribution in [-0.4, -0.2) is 46.2 Å². The first-order chi connectivity index (χ1) is 11.9. The predicted molar refractivity (Wildman–Crippen MR) is 82.5 cm³/mol. The quantitative estimate of drug-likeness (QED) is 0.892. The van der Waals surface area contributed by atoms with E-state index in [9.17, 15) is 18.0 Å². The van der Waals surface area contributed by atoms with Crippen molar-refractivity contribution in [3.05, 3.63) is 42.9 Å². The van der Waals surface area contributed by atoms with Crippen LogP contribution in [0.2, 0.25) is 0 Å². The van der Waals surface area contributed by atoms with Crippen LogP contribution < -0.4 is 5.32 Å². The zero-order valence-electron chi connectivity index (χ0n) is 13.5. The second kappa shape index (κ2) is 6.91. The number of aromatic nitrogens is 2. The molecule has 0 radical (unpaired) electrons. The van der Waals surface area contributed by atoms with Gasteiger partial charge in [0.2, 0.25) is 5.91 Å². The lowest BCUT2D eigenvalue weighted by Gasteiger charge is -2.41. The highest BCUT2D eigenvalue weighted by molar-refractivity contribution is 5.84. The zero-order valence-corrected chi connectivity index (χ0v) is 13.5. The number of halogens is 3. The Bertz CT molecular complexity index is 675. The maximum absolute atomic E-state index is 12.6. The van der Waals surface area contributed by atoms with Gasteiger partial charge in [-0.3, -0.25) is 9.69 Å². The SMILES string of the molecule is O=C(NCC(F)(F)F)C1(n2ccnc2)CCN(Cc2ccco2)CC1. The molecule has 6 nitrogen and oxygen atoms in total. The summed E-state index contributed by atoms with van der Waals surface area (Å²) < 4.78 is 44.4. The van der Waals surface area contributed by atoms with Crippen molar-refractivity contribution >= 4 is 5.91 Å². The van der Waals surface area contributed by atoms with Crippen LogP contribution in [0.5, 0.6) is 0 Å². The summed E-state index contributed by atoms with van der Waals surface area (Å²) in [4.78, 5) is 18.7. The fourth-order valence-corrected chi connectivity index (χ4v) is 3.16. The summed E-state index contributed by atoms with van der Waals surface area (Å²) in [6, 6.07) is 3.67. The van der Waals surface area contributed by atoms with Crippen LogP contribution in [0, 0.1) is 0 Å². The van der Waals surface area contributed by atoms with E-state index >= 15 is 0 Å². The number of piperidine rings is 1. The molecule has 2 aromatic rings. The molecule has 3 heterocycles. The number of alkyl halides is 3. The van der Waals surface area contributed by atoms with Gasteiger partial charge in [-0.2, -0.15) is 13.2 Å². The lowest BCUT2D eigenvalue weighted by atomic mass is 9.86. The van der Waals surface area contributed by atoms with Crippen LogP contribution in [0.3, 0.4) is 0 Å². The number of nitrogens with one attached hydrogen (secondary N) is 1. The van der Waals surface area contributed by atoms with Gasteiger partial charge in [0, 0.05) is 25.5 Å². The molecule has 1 saturated heterocycles. The molecule has 1 amide bonds. The molecular formula is C16H19F3N4O2. The molecule has 136 valence electrons. The minimum atomic E-state index is -4.44. The first kappa shape index (κ1) is 17.5. The molecule has 0 bridgehead atoms. The zero-order chi connectivity index (χ0) is 17.9. The van der Waals surface area contributed by atoms with E-state index in [1.165, 1.54) is 12.5 Å². The third kappa shape index (κ3) is 4.04. The number of nitrogens with zero attached hydrogens (tertiary/aromatic N) is 3. The number of imidazole rings is 1. The fourth-order valence-electron chi connectivity index (χ4n) is 3.16. The Hall–Kier alpha value is -2.29. The van der Waals surface area contributed by atoms with Gasteiger partial charge in [0.15, 0.2) is 0 Å². The molecule has 0 unspecified atom stereocenters. The molecular weight excluding hydrogens is 337 g/mol. The first-order valence-corrected chi connectivity index (χ1v) is 7.97. The van der Waals surface area contributed by atoms with Crippen LogP contribution in [0.1, 0.15) is 18.6 Å². The van der Waals surface area contributed by atoms with Crippen molar-refractivity contribution in [1.82, 2.24) is 19.8 Å². The summed E-state index contributed by atoms with van der Waals surface area (Å²) in [5.74, 6) is 0.192. The van der Waals surface area contributed by atoms with Gasteiger partial charge in [0.1, 0.15) is 17.8 Å². The van der Waals surface area contributed by atoms with Crippen molar-refractivity contribution in [2.45, 2.75) is 31.1 Å². The monoisotopic (exact) mass is 356 g/mol. The highest BCUT2D eigenvalue weighted by Crippen LogP contribution is 2.31. The number of amides is 1. The van der Waals surface area contributed by atoms with Crippen molar-refractivity contribution < 1.29 is 22.4 Å². The van der Waals surface area contributed by atoms with Gasteiger partial charge in [-0.1, -0.05) is 0 Å². The lowest BCUT2D eigenvalue weighted by molar-refractivity contribution is -0.145. The van der Waals surface area contributed by atoms with Gasteiger partial charge in [0.05, 0.1) is 19.1 Å². The van der Waals surface area contributed by atoms with Crippen molar-refractivity contribution in [2.24, 2.45) is 0 Å². The van der Waals surface area contributed by atoms with Gasteiger partial charge in [0.25, 0.3) is 0 Å². The molecule has 2 aromatic heterocycles. The fraction of sp³-hybridized carbons (Fsp3) is 0.500. The molecule has 9 heteroatoms. The Labute approximate surface area is 142 Å². The van der Waals surface area contributed by atoms with E-state index < -0.39 is 24.2 Å². The summed E-state index contributed by atoms with van der Waals surface area (Å²) in [7, 11) is 0. The smallest absolute Gasteiger partial charge is 0.405 e. The Morgan fingerprint density at radius 1 is 1.36 bits per heavy atom. The summed E-state index contributed by atoms with van der Waals surface area (Å²) in [5, 5.41) is 2.03. The summed E-state index contributed by atoms with van der Waals surface area (Å²) >= 11 is 0. The van der Waals surface area contributed by atoms with E-state index in [0.29, 0.717) is 32.5 Å². The molecule has 1 N–H and O–H groups in total. The van der Waals surface area contributed by atoms with Crippen LogP contribution in [-0.2, 0) is 16.9 Å². The van der Waals surface area contributed by atoms with E-state index in [1.807, 2.05) is 11.4 Å². The van der Waals surface area contributed by atoms with E-state index in [-0.39, 0.29) is 0 Å². The lowest BCUT2D eigenvalue weighted by Crippen LogP contribution is -2.55. The van der Waals surface area contributed by atoms with Crippen molar-refractivity contribution in [3.8, 4) is 0 Å². The molecule has 1 aliphatic rings. The van der Waals surface area contributed by atoms with Gasteiger partial charge in [-0.05, 0) is 25.0 Å². The van der Waals surface area contributed by atoms with E-state index in [4.69, 9.17) is 4.42 Å². The molecule has 0 saturated carbocycles. The van der Waals surface area contributed by atoms with Crippen molar-refractivity contribution in [2.75, 3.05) is 19.6 Å². The Morgan fingerprint density at radius 3 is 2.68 bits per heavy atom. The number of hydrogen-bond acceptors (Lipinski definition) is 4. The largest absolute Gasteiger partial charge is 0.468 e. The Balaban J connectivity index is 1.70. The highest BCUT2D eigenvalue weighted by Gasteiger charge is 2.44. The number of likely N-dealkylation sites (tertiary alicyclic amines) is 1. The third-order valence-electron chi connectivity index (χ3n) is 4.51. The molecule has 0 aromatic carbocycles. The van der Waals surface area contributed by atoms with E-state index in [2.05, 4.69) is 9.88 Å². The molecule has 1 aliphatic heterocycles. The molecule has 0 spiro atoms. The standard InChI is InChI=1S/C16H19F3N4O2/c17-16(18,19)11-21-14(24)15(23-8-5-20-12-23)3-6-22(7-4-15)10-13-2-1-9-25-13/h1-2,5,8-9,12H,3-4,6-7,10-11H2,(H,21,24). The van der Waals surface area contributed by atoms with Gasteiger partial charge in [-0.15, -0.1) is 0 Å². The van der Waals surface area contributed by atoms with E-state index in [0.717, 1.165) is 5.76 Å². The number of carbonyl (C=O) groups excluding carboxylic acids is 1. The predicted octanol–water partition coefficient (Wildman–Crippen LogP) is 2.15. The normalized spacial score (nSPS) is 18.2. The van der Waals surface area contributed by atoms with Gasteiger partial charge < -0.3 is 14.3 Å². The Morgan fingerprint density at radius 2 is 2.12 bits per heavy atom. The average molecular weight is 356 g/mol. The van der Waals surface area contributed by atoms with Crippen LogP contribution in [0.25, 0.3) is 0 Å². The topological polar surface area (TPSA) is 63.3 Å². The summed E-state index contributed by atoms with van der Waals surface area (Å²) in [6.07, 6.45) is 2.58. The third-order valence-corrected chi connectivity index (χ3v) is 4.51. The summed E-state index contributed by atoms with van der Waals surface area (Å²) in [5.41, 5.74) is -1.05. The molecule has 25 heavy (non-hydrogen) atoms. The van der Waals surface area contributed by atoms with Crippen LogP contribution >= 0.6 is 0 Å². The number of hydrogen-bond donors (Lipinski definition) is 1. The second-order valence-electron chi connectivity index (χ2n) is 6.15. The summed E-state index contributed by atoms with van der Waals surface area (Å²) in [6.45, 7) is 0.409. The minimum absolute atomic E-state index is 0.397. The molecule has 0 atom stereocenters. The maximum atomic E-state index is 12.6. The number of furan rings is 1. The molecule has 1 fully saturated rings. The maximum Gasteiger partial charge on any atom is 0.405 e. The van der Waals surface area contributed by atoms with Gasteiger partial charge in [-0.25, -0.2) is 4.98 Å².